The van der Waals surface area contributed by atoms with Crippen LogP contribution in [0.1, 0.15) is 46.1 Å². The van der Waals surface area contributed by atoms with Crippen molar-refractivity contribution in [3.63, 3.8) is 0 Å². The summed E-state index contributed by atoms with van der Waals surface area (Å²) < 4.78 is 60.6. The van der Waals surface area contributed by atoms with Gasteiger partial charge in [0.25, 0.3) is 5.91 Å². The minimum Gasteiger partial charge on any atom is -0.463 e. The van der Waals surface area contributed by atoms with Gasteiger partial charge in [-0.1, -0.05) is 0 Å². The predicted molar refractivity (Wildman–Crippen MR) is 106 cm³/mol. The summed E-state index contributed by atoms with van der Waals surface area (Å²) in [4.78, 5) is 12.7. The number of aromatic nitrogens is 2. The van der Waals surface area contributed by atoms with E-state index in [0.29, 0.717) is 18.5 Å². The number of aliphatic hydroxyl groups is 1. The van der Waals surface area contributed by atoms with Crippen LogP contribution in [-0.2, 0) is 18.4 Å². The third-order valence-electron chi connectivity index (χ3n) is 5.61. The van der Waals surface area contributed by atoms with E-state index in [1.165, 1.54) is 37.3 Å². The Morgan fingerprint density at radius 1 is 1.19 bits per heavy atom. The van der Waals surface area contributed by atoms with Gasteiger partial charge >= 0.3 is 6.18 Å². The molecule has 0 saturated carbocycles. The molecule has 0 bridgehead atoms. The summed E-state index contributed by atoms with van der Waals surface area (Å²) in [5.74, 6) is -1.43. The van der Waals surface area contributed by atoms with E-state index in [2.05, 4.69) is 10.4 Å². The van der Waals surface area contributed by atoms with Gasteiger partial charge in [-0.15, -0.1) is 0 Å². The largest absolute Gasteiger partial charge is 0.463 e. The first-order chi connectivity index (χ1) is 15.1. The van der Waals surface area contributed by atoms with E-state index in [9.17, 15) is 27.5 Å². The number of nitrogens with one attached hydrogen (secondary N) is 1. The summed E-state index contributed by atoms with van der Waals surface area (Å²) in [6.45, 7) is 1.02. The normalized spacial score (nSPS) is 15.4. The zero-order valence-corrected chi connectivity index (χ0v) is 17.2. The Hall–Kier alpha value is -3.14. The lowest BCUT2D eigenvalue weighted by molar-refractivity contribution is -0.274. The van der Waals surface area contributed by atoms with Crippen molar-refractivity contribution in [2.24, 2.45) is 0 Å². The number of nitrogens with zero attached hydrogens (tertiary/aromatic N) is 2. The molecule has 2 heterocycles. The average Bonchev–Trinajstić information content (AvgIpc) is 3.44. The third-order valence-corrected chi connectivity index (χ3v) is 5.61. The number of hydrogen-bond acceptors (Lipinski definition) is 4. The van der Waals surface area contributed by atoms with Gasteiger partial charge in [-0.2, -0.15) is 18.3 Å². The van der Waals surface area contributed by atoms with Crippen molar-refractivity contribution >= 4 is 5.91 Å². The molecule has 3 aromatic rings. The third kappa shape index (κ3) is 3.90. The van der Waals surface area contributed by atoms with Crippen molar-refractivity contribution in [2.75, 3.05) is 6.54 Å². The lowest BCUT2D eigenvalue weighted by Gasteiger charge is -2.28. The molecule has 10 heteroatoms. The average molecular weight is 451 g/mol. The molecule has 0 saturated heterocycles. The van der Waals surface area contributed by atoms with Crippen molar-refractivity contribution < 1.29 is 31.9 Å². The molecule has 32 heavy (non-hydrogen) atoms. The number of carbonyl (C=O) groups excluding carboxylic acids is 1. The Morgan fingerprint density at radius 3 is 2.53 bits per heavy atom. The Labute approximate surface area is 180 Å². The highest BCUT2D eigenvalue weighted by Gasteiger charge is 2.56. The van der Waals surface area contributed by atoms with Crippen molar-refractivity contribution in [3.8, 4) is 5.69 Å². The number of carbonyl (C=O) groups is 1. The first-order valence-corrected chi connectivity index (χ1v) is 10.1. The highest BCUT2D eigenvalue weighted by Crippen LogP contribution is 2.42. The first kappa shape index (κ1) is 22.1. The first-order valence-electron chi connectivity index (χ1n) is 10.1. The molecule has 1 aliphatic carbocycles. The minimum atomic E-state index is -4.99. The van der Waals surface area contributed by atoms with Crippen LogP contribution < -0.4 is 5.32 Å². The van der Waals surface area contributed by atoms with Crippen LogP contribution in [0.2, 0.25) is 0 Å². The molecular formula is C22H21F4N3O3. The van der Waals surface area contributed by atoms with Crippen molar-refractivity contribution in [3.05, 3.63) is 70.7 Å². The fourth-order valence-corrected chi connectivity index (χ4v) is 3.92. The van der Waals surface area contributed by atoms with Crippen molar-refractivity contribution in [1.29, 1.82) is 0 Å². The number of amides is 1. The predicted octanol–water partition coefficient (Wildman–Crippen LogP) is 3.97. The van der Waals surface area contributed by atoms with E-state index in [-0.39, 0.29) is 11.5 Å². The second-order valence-electron chi connectivity index (χ2n) is 7.79. The molecule has 0 radical (unpaired) electrons. The van der Waals surface area contributed by atoms with E-state index in [4.69, 9.17) is 4.42 Å². The van der Waals surface area contributed by atoms with Crippen LogP contribution in [0.25, 0.3) is 5.69 Å². The van der Waals surface area contributed by atoms with Gasteiger partial charge in [0, 0.05) is 24.2 Å². The standard InChI is InChI=1S/C22H21F4N3O3/c1-13-5-10-18(32-13)21(31,22(24,25)26)11-12-27-20(30)19-16-3-2-4-17(16)29(28-19)15-8-6-14(23)7-9-15/h5-10,31H,2-4,11-12H2,1H3,(H,27,30). The maximum Gasteiger partial charge on any atom is 0.424 e. The van der Waals surface area contributed by atoms with Crippen LogP contribution in [0.3, 0.4) is 0 Å². The lowest BCUT2D eigenvalue weighted by atomic mass is 9.95. The lowest BCUT2D eigenvalue weighted by Crippen LogP contribution is -2.44. The van der Waals surface area contributed by atoms with Gasteiger partial charge in [0.2, 0.25) is 5.60 Å². The summed E-state index contributed by atoms with van der Waals surface area (Å²) >= 11 is 0. The Balaban J connectivity index is 1.52. The molecule has 170 valence electrons. The second-order valence-corrected chi connectivity index (χ2v) is 7.79. The van der Waals surface area contributed by atoms with Gasteiger partial charge in [-0.3, -0.25) is 4.79 Å². The monoisotopic (exact) mass is 451 g/mol. The molecule has 4 rings (SSSR count). The number of furan rings is 1. The van der Waals surface area contributed by atoms with E-state index >= 15 is 0 Å². The Bertz CT molecular complexity index is 1130. The molecule has 1 aliphatic rings. The number of fused-ring (bicyclic) bond motifs is 1. The highest BCUT2D eigenvalue weighted by atomic mass is 19.4. The molecule has 1 amide bonds. The van der Waals surface area contributed by atoms with Crippen LogP contribution in [0.4, 0.5) is 17.6 Å². The van der Waals surface area contributed by atoms with E-state index in [0.717, 1.165) is 23.7 Å². The topological polar surface area (TPSA) is 80.3 Å². The summed E-state index contributed by atoms with van der Waals surface area (Å²) in [7, 11) is 0. The molecule has 6 nitrogen and oxygen atoms in total. The summed E-state index contributed by atoms with van der Waals surface area (Å²) in [5.41, 5.74) is -0.988. The van der Waals surface area contributed by atoms with Gasteiger partial charge in [0.15, 0.2) is 5.69 Å². The molecule has 1 aromatic carbocycles. The number of hydrogen-bond donors (Lipinski definition) is 2. The van der Waals surface area contributed by atoms with Gasteiger partial charge in [-0.25, -0.2) is 9.07 Å². The molecule has 0 fully saturated rings. The van der Waals surface area contributed by atoms with Crippen LogP contribution in [0.15, 0.2) is 40.8 Å². The maximum absolute atomic E-state index is 13.6. The second kappa shape index (κ2) is 8.09. The number of halogens is 4. The van der Waals surface area contributed by atoms with E-state index < -0.39 is 42.2 Å². The van der Waals surface area contributed by atoms with E-state index in [1.807, 2.05) is 0 Å². The summed E-state index contributed by atoms with van der Waals surface area (Å²) in [6.07, 6.45) is -3.72. The zero-order valence-electron chi connectivity index (χ0n) is 17.2. The molecule has 1 atom stereocenters. The maximum atomic E-state index is 13.6. The van der Waals surface area contributed by atoms with Crippen LogP contribution in [0.5, 0.6) is 0 Å². The number of benzene rings is 1. The number of rotatable bonds is 6. The summed E-state index contributed by atoms with van der Waals surface area (Å²) in [5, 5.41) is 17.1. The van der Waals surface area contributed by atoms with Crippen molar-refractivity contribution in [1.82, 2.24) is 15.1 Å². The quantitative estimate of drug-likeness (QED) is 0.556. The molecule has 2 N–H and O–H groups in total. The van der Waals surface area contributed by atoms with Crippen LogP contribution >= 0.6 is 0 Å². The van der Waals surface area contributed by atoms with Gasteiger partial charge < -0.3 is 14.8 Å². The molecular weight excluding hydrogens is 430 g/mol. The van der Waals surface area contributed by atoms with Crippen molar-refractivity contribution in [2.45, 2.75) is 44.4 Å². The Kier molecular flexibility index (Phi) is 5.58. The minimum absolute atomic E-state index is 0.117. The highest BCUT2D eigenvalue weighted by molar-refractivity contribution is 5.94. The Morgan fingerprint density at radius 2 is 1.91 bits per heavy atom. The van der Waals surface area contributed by atoms with E-state index in [1.54, 1.807) is 4.68 Å². The van der Waals surface area contributed by atoms with Gasteiger partial charge in [0.05, 0.1) is 5.69 Å². The van der Waals surface area contributed by atoms with Gasteiger partial charge in [-0.05, 0) is 62.6 Å². The van der Waals surface area contributed by atoms with Crippen LogP contribution in [-0.4, -0.2) is 33.5 Å². The number of alkyl halides is 3. The molecule has 0 spiro atoms. The fraction of sp³-hybridized carbons (Fsp3) is 0.364. The SMILES string of the molecule is Cc1ccc(C(O)(CCNC(=O)c2nn(-c3ccc(F)cc3)c3c2CCC3)C(F)(F)F)o1. The fourth-order valence-electron chi connectivity index (χ4n) is 3.92. The molecule has 2 aromatic heterocycles. The number of aryl methyl sites for hydroxylation is 1. The smallest absolute Gasteiger partial charge is 0.424 e. The zero-order chi connectivity index (χ0) is 23.1. The molecule has 0 aliphatic heterocycles. The van der Waals surface area contributed by atoms with Gasteiger partial charge in [0.1, 0.15) is 17.3 Å². The van der Waals surface area contributed by atoms with Crippen LogP contribution in [0, 0.1) is 12.7 Å². The summed E-state index contributed by atoms with van der Waals surface area (Å²) in [6, 6.07) is 8.05. The molecule has 1 unspecified atom stereocenters.